The number of nitrogens with one attached hydrogen (secondary N) is 1. The Kier molecular flexibility index (Phi) is 4.48. The predicted octanol–water partition coefficient (Wildman–Crippen LogP) is 0.0349. The van der Waals surface area contributed by atoms with Crippen molar-refractivity contribution in [2.75, 3.05) is 31.6 Å². The smallest absolute Gasteiger partial charge is 0.246 e. The van der Waals surface area contributed by atoms with Crippen LogP contribution in [0.4, 0.5) is 0 Å². The van der Waals surface area contributed by atoms with E-state index in [-0.39, 0.29) is 29.5 Å². The third kappa shape index (κ3) is 3.15. The Balaban J connectivity index is 2.41. The second-order valence-electron chi connectivity index (χ2n) is 5.11. The standard InChI is InChI=1S/C12H20N2O5S2/c1-9-11(8-13-3)12(10(2)19-9)21(17,18)14-4-6-20(15,16)7-5-14/h13H,4-8H2,1-3H3. The quantitative estimate of drug-likeness (QED) is 0.833. The summed E-state index contributed by atoms with van der Waals surface area (Å²) in [5, 5.41) is 2.93. The van der Waals surface area contributed by atoms with Gasteiger partial charge >= 0.3 is 0 Å². The molecule has 1 aliphatic rings. The highest BCUT2D eigenvalue weighted by Gasteiger charge is 2.35. The van der Waals surface area contributed by atoms with Gasteiger partial charge in [0.1, 0.15) is 16.4 Å². The van der Waals surface area contributed by atoms with Gasteiger partial charge in [0.05, 0.1) is 11.5 Å². The lowest BCUT2D eigenvalue weighted by Gasteiger charge is -2.26. The van der Waals surface area contributed by atoms with Crippen LogP contribution in [0.15, 0.2) is 9.31 Å². The molecular weight excluding hydrogens is 316 g/mol. The van der Waals surface area contributed by atoms with Crippen molar-refractivity contribution in [1.29, 1.82) is 0 Å². The minimum absolute atomic E-state index is 0.00662. The molecule has 7 nitrogen and oxygen atoms in total. The van der Waals surface area contributed by atoms with Gasteiger partial charge in [0.15, 0.2) is 9.84 Å². The summed E-state index contributed by atoms with van der Waals surface area (Å²) in [6.45, 7) is 3.70. The van der Waals surface area contributed by atoms with E-state index in [1.165, 1.54) is 4.31 Å². The highest BCUT2D eigenvalue weighted by Crippen LogP contribution is 2.29. The average molecular weight is 336 g/mol. The van der Waals surface area contributed by atoms with Crippen LogP contribution >= 0.6 is 0 Å². The lowest BCUT2D eigenvalue weighted by atomic mass is 10.2. The second kappa shape index (κ2) is 5.71. The monoisotopic (exact) mass is 336 g/mol. The van der Waals surface area contributed by atoms with E-state index in [0.29, 0.717) is 23.6 Å². The molecular formula is C12H20N2O5S2. The van der Waals surface area contributed by atoms with Gasteiger partial charge in [-0.2, -0.15) is 4.31 Å². The zero-order valence-corrected chi connectivity index (χ0v) is 14.0. The van der Waals surface area contributed by atoms with Gasteiger partial charge in [0, 0.05) is 25.2 Å². The van der Waals surface area contributed by atoms with Gasteiger partial charge in [-0.25, -0.2) is 16.8 Å². The molecule has 0 unspecified atom stereocenters. The molecule has 21 heavy (non-hydrogen) atoms. The van der Waals surface area contributed by atoms with Gasteiger partial charge in [0.25, 0.3) is 0 Å². The number of sulfone groups is 1. The molecule has 2 heterocycles. The summed E-state index contributed by atoms with van der Waals surface area (Å²) in [6, 6.07) is 0. The summed E-state index contributed by atoms with van der Waals surface area (Å²) in [5.41, 5.74) is 0.600. The minimum atomic E-state index is -3.74. The Morgan fingerprint density at radius 2 is 1.76 bits per heavy atom. The summed E-state index contributed by atoms with van der Waals surface area (Å²) in [5.74, 6) is 0.628. The van der Waals surface area contributed by atoms with E-state index in [0.717, 1.165) is 0 Å². The number of nitrogens with zero attached hydrogens (tertiary/aromatic N) is 1. The van der Waals surface area contributed by atoms with Gasteiger partial charge in [-0.15, -0.1) is 0 Å². The van der Waals surface area contributed by atoms with Gasteiger partial charge < -0.3 is 9.73 Å². The summed E-state index contributed by atoms with van der Waals surface area (Å²) in [4.78, 5) is 0.161. The fraction of sp³-hybridized carbons (Fsp3) is 0.667. The Labute approximate surface area is 125 Å². The largest absolute Gasteiger partial charge is 0.465 e. The van der Waals surface area contributed by atoms with Crippen molar-refractivity contribution in [3.8, 4) is 0 Å². The Hall–Kier alpha value is -0.900. The second-order valence-corrected chi connectivity index (χ2v) is 9.29. The van der Waals surface area contributed by atoms with Crippen LogP contribution in [0, 0.1) is 13.8 Å². The zero-order valence-electron chi connectivity index (χ0n) is 12.3. The third-order valence-corrected chi connectivity index (χ3v) is 7.28. The van der Waals surface area contributed by atoms with Crippen molar-refractivity contribution >= 4 is 19.9 Å². The first-order chi connectivity index (χ1) is 9.69. The maximum Gasteiger partial charge on any atom is 0.246 e. The summed E-state index contributed by atoms with van der Waals surface area (Å²) in [7, 11) is -5.14. The van der Waals surface area contributed by atoms with Crippen LogP contribution in [-0.4, -0.2) is 52.8 Å². The first kappa shape index (κ1) is 16.5. The third-order valence-electron chi connectivity index (χ3n) is 3.58. The van der Waals surface area contributed by atoms with Crippen LogP contribution in [0.3, 0.4) is 0 Å². The maximum atomic E-state index is 12.8. The first-order valence-electron chi connectivity index (χ1n) is 6.63. The molecule has 1 aromatic heterocycles. The molecule has 0 aromatic carbocycles. The fourth-order valence-corrected chi connectivity index (χ4v) is 5.78. The van der Waals surface area contributed by atoms with Crippen molar-refractivity contribution in [1.82, 2.24) is 9.62 Å². The lowest BCUT2D eigenvalue weighted by Crippen LogP contribution is -2.44. The molecule has 0 saturated carbocycles. The van der Waals surface area contributed by atoms with E-state index in [1.807, 2.05) is 0 Å². The van der Waals surface area contributed by atoms with Crippen LogP contribution in [0.5, 0.6) is 0 Å². The van der Waals surface area contributed by atoms with Crippen LogP contribution < -0.4 is 5.32 Å². The molecule has 0 spiro atoms. The highest BCUT2D eigenvalue weighted by atomic mass is 32.2. The molecule has 1 fully saturated rings. The molecule has 0 aliphatic carbocycles. The van der Waals surface area contributed by atoms with Crippen LogP contribution in [0.1, 0.15) is 17.1 Å². The Bertz CT molecular complexity index is 720. The molecule has 120 valence electrons. The molecule has 2 rings (SSSR count). The number of furan rings is 1. The van der Waals surface area contributed by atoms with E-state index >= 15 is 0 Å². The number of hydrogen-bond donors (Lipinski definition) is 1. The van der Waals surface area contributed by atoms with Crippen molar-refractivity contribution in [2.45, 2.75) is 25.3 Å². The molecule has 9 heteroatoms. The van der Waals surface area contributed by atoms with Crippen molar-refractivity contribution in [3.05, 3.63) is 17.1 Å². The molecule has 1 saturated heterocycles. The first-order valence-corrected chi connectivity index (χ1v) is 9.89. The van der Waals surface area contributed by atoms with Crippen molar-refractivity contribution in [3.63, 3.8) is 0 Å². The SMILES string of the molecule is CNCc1c(C)oc(C)c1S(=O)(=O)N1CCS(=O)(=O)CC1. The van der Waals surface area contributed by atoms with E-state index < -0.39 is 19.9 Å². The van der Waals surface area contributed by atoms with Gasteiger partial charge in [-0.05, 0) is 20.9 Å². The molecule has 0 radical (unpaired) electrons. The van der Waals surface area contributed by atoms with E-state index in [9.17, 15) is 16.8 Å². The van der Waals surface area contributed by atoms with Crippen LogP contribution in [0.25, 0.3) is 0 Å². The molecule has 1 aromatic rings. The highest BCUT2D eigenvalue weighted by molar-refractivity contribution is 7.92. The average Bonchev–Trinajstić information content (AvgIpc) is 2.64. The minimum Gasteiger partial charge on any atom is -0.465 e. The van der Waals surface area contributed by atoms with Gasteiger partial charge in [-0.1, -0.05) is 0 Å². The van der Waals surface area contributed by atoms with Crippen LogP contribution in [0.2, 0.25) is 0 Å². The fourth-order valence-electron chi connectivity index (χ4n) is 2.49. The molecule has 1 aliphatic heterocycles. The zero-order chi connectivity index (χ0) is 15.8. The number of sulfonamides is 1. The summed E-state index contributed by atoms with van der Waals surface area (Å²) in [6.07, 6.45) is 0. The topological polar surface area (TPSA) is 96.7 Å². The molecule has 0 amide bonds. The lowest BCUT2D eigenvalue weighted by molar-refractivity contribution is 0.427. The van der Waals surface area contributed by atoms with E-state index in [2.05, 4.69) is 5.32 Å². The van der Waals surface area contributed by atoms with Crippen LogP contribution in [-0.2, 0) is 26.4 Å². The van der Waals surface area contributed by atoms with Crippen molar-refractivity contribution < 1.29 is 21.3 Å². The summed E-state index contributed by atoms with van der Waals surface area (Å²) >= 11 is 0. The predicted molar refractivity (Wildman–Crippen MR) is 78.4 cm³/mol. The van der Waals surface area contributed by atoms with E-state index in [1.54, 1.807) is 20.9 Å². The summed E-state index contributed by atoms with van der Waals surface area (Å²) < 4.78 is 55.1. The maximum absolute atomic E-state index is 12.8. The molecule has 0 atom stereocenters. The van der Waals surface area contributed by atoms with Crippen molar-refractivity contribution in [2.24, 2.45) is 0 Å². The molecule has 1 N–H and O–H groups in total. The van der Waals surface area contributed by atoms with Gasteiger partial charge in [0.2, 0.25) is 10.0 Å². The van der Waals surface area contributed by atoms with E-state index in [4.69, 9.17) is 4.42 Å². The number of hydrogen-bond acceptors (Lipinski definition) is 6. The normalized spacial score (nSPS) is 19.8. The number of aryl methyl sites for hydroxylation is 2. The number of rotatable bonds is 4. The molecule has 0 bridgehead atoms. The Morgan fingerprint density at radius 1 is 1.19 bits per heavy atom. The van der Waals surface area contributed by atoms with Gasteiger partial charge in [-0.3, -0.25) is 0 Å². The Morgan fingerprint density at radius 3 is 2.29 bits per heavy atom.